The fraction of sp³-hybridized carbons (Fsp3) is 0.600. The molecule has 0 aliphatic carbocycles. The second-order valence-corrected chi connectivity index (χ2v) is 7.53. The van der Waals surface area contributed by atoms with E-state index in [4.69, 9.17) is 10.5 Å². The van der Waals surface area contributed by atoms with Crippen LogP contribution in [0.2, 0.25) is 0 Å². The Bertz CT molecular complexity index is 569. The molecule has 118 valence electrons. The van der Waals surface area contributed by atoms with Crippen LogP contribution >= 0.6 is 0 Å². The van der Waals surface area contributed by atoms with E-state index < -0.39 is 10.0 Å². The van der Waals surface area contributed by atoms with E-state index in [1.54, 1.807) is 28.6 Å². The summed E-state index contributed by atoms with van der Waals surface area (Å²) >= 11 is 0. The highest BCUT2D eigenvalue weighted by molar-refractivity contribution is 7.89. The Morgan fingerprint density at radius 1 is 1.38 bits per heavy atom. The van der Waals surface area contributed by atoms with Crippen LogP contribution in [0, 0.1) is 0 Å². The molecule has 2 rings (SSSR count). The van der Waals surface area contributed by atoms with E-state index in [9.17, 15) is 8.42 Å². The summed E-state index contributed by atoms with van der Waals surface area (Å²) in [6, 6.07) is 6.64. The highest BCUT2D eigenvalue weighted by Gasteiger charge is 2.35. The van der Waals surface area contributed by atoms with E-state index >= 15 is 0 Å². The van der Waals surface area contributed by atoms with E-state index in [0.717, 1.165) is 12.0 Å². The number of sulfonamides is 1. The van der Waals surface area contributed by atoms with Gasteiger partial charge in [0.2, 0.25) is 10.0 Å². The summed E-state index contributed by atoms with van der Waals surface area (Å²) in [6.45, 7) is 6.60. The summed E-state index contributed by atoms with van der Waals surface area (Å²) in [5, 5.41) is 0. The fourth-order valence-electron chi connectivity index (χ4n) is 2.51. The van der Waals surface area contributed by atoms with Gasteiger partial charge < -0.3 is 10.5 Å². The van der Waals surface area contributed by atoms with Crippen molar-refractivity contribution in [1.29, 1.82) is 0 Å². The van der Waals surface area contributed by atoms with Crippen LogP contribution in [-0.2, 0) is 14.8 Å². The van der Waals surface area contributed by atoms with Crippen LogP contribution in [-0.4, -0.2) is 38.0 Å². The van der Waals surface area contributed by atoms with Gasteiger partial charge in [-0.1, -0.05) is 19.1 Å². The SMILES string of the molecule is CCC1COC(C)CN1S(=O)(=O)c1ccc(C(C)N)cc1. The van der Waals surface area contributed by atoms with E-state index in [1.165, 1.54) is 0 Å². The molecule has 1 aliphatic heterocycles. The van der Waals surface area contributed by atoms with Crippen molar-refractivity contribution in [3.63, 3.8) is 0 Å². The monoisotopic (exact) mass is 312 g/mol. The van der Waals surface area contributed by atoms with Gasteiger partial charge in [-0.15, -0.1) is 0 Å². The third kappa shape index (κ3) is 3.45. The van der Waals surface area contributed by atoms with Gasteiger partial charge in [-0.25, -0.2) is 8.42 Å². The van der Waals surface area contributed by atoms with Crippen LogP contribution in [0.3, 0.4) is 0 Å². The van der Waals surface area contributed by atoms with Gasteiger partial charge in [-0.2, -0.15) is 4.31 Å². The van der Waals surface area contributed by atoms with Gasteiger partial charge in [0.1, 0.15) is 0 Å². The van der Waals surface area contributed by atoms with E-state index in [-0.39, 0.29) is 18.2 Å². The Morgan fingerprint density at radius 3 is 2.52 bits per heavy atom. The van der Waals surface area contributed by atoms with Crippen molar-refractivity contribution >= 4 is 10.0 Å². The summed E-state index contributed by atoms with van der Waals surface area (Å²) < 4.78 is 32.8. The lowest BCUT2D eigenvalue weighted by Crippen LogP contribution is -2.51. The number of morpholine rings is 1. The summed E-state index contributed by atoms with van der Waals surface area (Å²) in [6.07, 6.45) is 0.662. The number of rotatable bonds is 4. The fourth-order valence-corrected chi connectivity index (χ4v) is 4.27. The molecule has 6 heteroatoms. The first kappa shape index (κ1) is 16.4. The molecular formula is C15H24N2O3S. The molecule has 5 nitrogen and oxygen atoms in total. The zero-order chi connectivity index (χ0) is 15.6. The van der Waals surface area contributed by atoms with E-state index in [2.05, 4.69) is 0 Å². The number of benzene rings is 1. The predicted molar refractivity (Wildman–Crippen MR) is 82.4 cm³/mol. The molecule has 2 N–H and O–H groups in total. The molecule has 1 heterocycles. The molecule has 0 radical (unpaired) electrons. The highest BCUT2D eigenvalue weighted by Crippen LogP contribution is 2.25. The molecule has 3 unspecified atom stereocenters. The lowest BCUT2D eigenvalue weighted by atomic mass is 10.1. The van der Waals surface area contributed by atoms with Gasteiger partial charge in [0.15, 0.2) is 0 Å². The maximum Gasteiger partial charge on any atom is 0.243 e. The highest BCUT2D eigenvalue weighted by atomic mass is 32.2. The van der Waals surface area contributed by atoms with Crippen molar-refractivity contribution < 1.29 is 13.2 Å². The van der Waals surface area contributed by atoms with Crippen molar-refractivity contribution in [1.82, 2.24) is 4.31 Å². The first-order chi connectivity index (χ1) is 9.86. The van der Waals surface area contributed by atoms with Gasteiger partial charge in [-0.05, 0) is 38.0 Å². The number of hydrogen-bond acceptors (Lipinski definition) is 4. The minimum Gasteiger partial charge on any atom is -0.375 e. The van der Waals surface area contributed by atoms with Gasteiger partial charge >= 0.3 is 0 Å². The van der Waals surface area contributed by atoms with Crippen molar-refractivity contribution in [2.45, 2.75) is 50.3 Å². The number of nitrogens with two attached hydrogens (primary N) is 1. The van der Waals surface area contributed by atoms with Crippen LogP contribution in [0.15, 0.2) is 29.2 Å². The molecular weight excluding hydrogens is 288 g/mol. The average Bonchev–Trinajstić information content (AvgIpc) is 2.47. The Kier molecular flexibility index (Phi) is 5.03. The zero-order valence-electron chi connectivity index (χ0n) is 12.8. The Balaban J connectivity index is 2.31. The molecule has 0 spiro atoms. The first-order valence-corrected chi connectivity index (χ1v) is 8.79. The summed E-state index contributed by atoms with van der Waals surface area (Å²) in [4.78, 5) is 0.319. The minimum atomic E-state index is -3.49. The third-order valence-corrected chi connectivity index (χ3v) is 5.83. The number of ether oxygens (including phenoxy) is 1. The van der Waals surface area contributed by atoms with E-state index in [0.29, 0.717) is 18.0 Å². The molecule has 1 aliphatic rings. The van der Waals surface area contributed by atoms with E-state index in [1.807, 2.05) is 20.8 Å². The molecule has 21 heavy (non-hydrogen) atoms. The molecule has 0 saturated carbocycles. The van der Waals surface area contributed by atoms with Gasteiger partial charge in [-0.3, -0.25) is 0 Å². The molecule has 0 bridgehead atoms. The Labute approximate surface area is 127 Å². The van der Waals surface area contributed by atoms with Crippen LogP contribution in [0.4, 0.5) is 0 Å². The van der Waals surface area contributed by atoms with Crippen molar-refractivity contribution in [2.24, 2.45) is 5.73 Å². The largest absolute Gasteiger partial charge is 0.375 e. The van der Waals surface area contributed by atoms with Gasteiger partial charge in [0, 0.05) is 18.6 Å². The number of nitrogens with zero attached hydrogens (tertiary/aromatic N) is 1. The standard InChI is InChI=1S/C15H24N2O3S/c1-4-14-10-20-11(2)9-17(14)21(18,19)15-7-5-13(6-8-15)12(3)16/h5-8,11-12,14H,4,9-10,16H2,1-3H3. The van der Waals surface area contributed by atoms with Crippen molar-refractivity contribution in [2.75, 3.05) is 13.2 Å². The van der Waals surface area contributed by atoms with Crippen LogP contribution in [0.5, 0.6) is 0 Å². The van der Waals surface area contributed by atoms with Gasteiger partial charge in [0.05, 0.1) is 17.6 Å². The van der Waals surface area contributed by atoms with Gasteiger partial charge in [0.25, 0.3) is 0 Å². The molecule has 1 fully saturated rings. The maximum atomic E-state index is 12.8. The Morgan fingerprint density at radius 2 is 2.00 bits per heavy atom. The second kappa shape index (κ2) is 6.44. The maximum absolute atomic E-state index is 12.8. The predicted octanol–water partition coefficient (Wildman–Crippen LogP) is 1.89. The summed E-state index contributed by atoms with van der Waals surface area (Å²) in [5.74, 6) is 0. The van der Waals surface area contributed by atoms with Crippen LogP contribution in [0.1, 0.15) is 38.8 Å². The molecule has 1 saturated heterocycles. The lowest BCUT2D eigenvalue weighted by Gasteiger charge is -2.37. The quantitative estimate of drug-likeness (QED) is 0.921. The molecule has 3 atom stereocenters. The summed E-state index contributed by atoms with van der Waals surface area (Å²) in [7, 11) is -3.49. The molecule has 1 aromatic rings. The average molecular weight is 312 g/mol. The summed E-state index contributed by atoms with van der Waals surface area (Å²) in [5.41, 5.74) is 6.73. The van der Waals surface area contributed by atoms with Crippen molar-refractivity contribution in [3.05, 3.63) is 29.8 Å². The first-order valence-electron chi connectivity index (χ1n) is 7.35. The third-order valence-electron chi connectivity index (χ3n) is 3.90. The smallest absolute Gasteiger partial charge is 0.243 e. The normalized spacial score (nSPS) is 25.7. The molecule has 0 amide bonds. The van der Waals surface area contributed by atoms with Crippen molar-refractivity contribution in [3.8, 4) is 0 Å². The Hall–Kier alpha value is -0.950. The lowest BCUT2D eigenvalue weighted by molar-refractivity contribution is -0.0230. The minimum absolute atomic E-state index is 0.0779. The molecule has 0 aromatic heterocycles. The second-order valence-electron chi connectivity index (χ2n) is 5.64. The topological polar surface area (TPSA) is 72.6 Å². The van der Waals surface area contributed by atoms with Crippen LogP contribution < -0.4 is 5.73 Å². The van der Waals surface area contributed by atoms with Crippen LogP contribution in [0.25, 0.3) is 0 Å². The number of hydrogen-bond donors (Lipinski definition) is 1. The molecule has 1 aromatic carbocycles. The zero-order valence-corrected chi connectivity index (χ0v) is 13.6.